The molecule has 0 radical (unpaired) electrons. The molecule has 1 saturated carbocycles. The van der Waals surface area contributed by atoms with Crippen LogP contribution in [0.4, 0.5) is 0 Å². The average Bonchev–Trinajstić information content (AvgIpc) is 2.49. The molecule has 3 N–H and O–H groups in total. The lowest BCUT2D eigenvalue weighted by molar-refractivity contribution is -0.126. The molecular formula is C15H30N4O. The number of carbonyl (C=O) groups is 1. The van der Waals surface area contributed by atoms with Crippen LogP contribution in [0.1, 0.15) is 25.7 Å². The number of nitrogens with two attached hydrogens (primary N) is 1. The summed E-state index contributed by atoms with van der Waals surface area (Å²) in [7, 11) is 2.16. The Kier molecular flexibility index (Phi) is 6.26. The molecule has 5 nitrogen and oxygen atoms in total. The maximum absolute atomic E-state index is 12.2. The molecule has 2 aliphatic rings. The van der Waals surface area contributed by atoms with E-state index < -0.39 is 0 Å². The molecule has 0 bridgehead atoms. The van der Waals surface area contributed by atoms with Crippen molar-refractivity contribution in [1.29, 1.82) is 0 Å². The van der Waals surface area contributed by atoms with Crippen molar-refractivity contribution < 1.29 is 4.79 Å². The highest BCUT2D eigenvalue weighted by Crippen LogP contribution is 2.28. The van der Waals surface area contributed by atoms with Gasteiger partial charge in [0.15, 0.2) is 0 Å². The molecular weight excluding hydrogens is 252 g/mol. The normalized spacial score (nSPS) is 29.3. The average molecular weight is 282 g/mol. The maximum atomic E-state index is 12.2. The number of rotatable bonds is 5. The zero-order valence-corrected chi connectivity index (χ0v) is 12.8. The van der Waals surface area contributed by atoms with Crippen molar-refractivity contribution in [1.82, 2.24) is 15.1 Å². The van der Waals surface area contributed by atoms with Crippen molar-refractivity contribution >= 4 is 5.91 Å². The Morgan fingerprint density at radius 1 is 1.25 bits per heavy atom. The summed E-state index contributed by atoms with van der Waals surface area (Å²) < 4.78 is 0. The van der Waals surface area contributed by atoms with Crippen LogP contribution < -0.4 is 11.1 Å². The van der Waals surface area contributed by atoms with Crippen LogP contribution in [-0.2, 0) is 4.79 Å². The lowest BCUT2D eigenvalue weighted by atomic mass is 9.81. The van der Waals surface area contributed by atoms with Gasteiger partial charge < -0.3 is 16.0 Å². The third-order valence-electron chi connectivity index (χ3n) is 4.81. The zero-order chi connectivity index (χ0) is 14.4. The molecule has 0 spiro atoms. The van der Waals surface area contributed by atoms with Crippen molar-refractivity contribution in [3.63, 3.8) is 0 Å². The van der Waals surface area contributed by atoms with E-state index in [0.717, 1.165) is 65.1 Å². The lowest BCUT2D eigenvalue weighted by Gasteiger charge is -2.32. The van der Waals surface area contributed by atoms with Crippen molar-refractivity contribution in [3.05, 3.63) is 0 Å². The van der Waals surface area contributed by atoms with Crippen molar-refractivity contribution in [2.75, 3.05) is 52.9 Å². The molecule has 1 amide bonds. The predicted octanol–water partition coefficient (Wildman–Crippen LogP) is 0.115. The second-order valence-corrected chi connectivity index (χ2v) is 6.40. The molecule has 116 valence electrons. The Morgan fingerprint density at radius 2 is 2.00 bits per heavy atom. The van der Waals surface area contributed by atoms with Crippen LogP contribution in [0, 0.1) is 11.8 Å². The molecule has 2 atom stereocenters. The number of likely N-dealkylation sites (N-methyl/N-ethyl adjacent to an activating group) is 1. The summed E-state index contributed by atoms with van der Waals surface area (Å²) in [6.45, 7) is 6.99. The largest absolute Gasteiger partial charge is 0.355 e. The first-order valence-electron chi connectivity index (χ1n) is 8.07. The first-order chi connectivity index (χ1) is 9.69. The van der Waals surface area contributed by atoms with E-state index in [-0.39, 0.29) is 11.8 Å². The SMILES string of the molecule is CN1CCN(CCNC(=O)C2CCCC(CN)C2)CC1. The van der Waals surface area contributed by atoms with Gasteiger partial charge in [0.05, 0.1) is 0 Å². The Labute approximate surface area is 122 Å². The van der Waals surface area contributed by atoms with E-state index in [1.54, 1.807) is 0 Å². The molecule has 1 aliphatic heterocycles. The van der Waals surface area contributed by atoms with E-state index in [1.165, 1.54) is 6.42 Å². The molecule has 20 heavy (non-hydrogen) atoms. The Hall–Kier alpha value is -0.650. The summed E-state index contributed by atoms with van der Waals surface area (Å²) in [6, 6.07) is 0. The van der Waals surface area contributed by atoms with Gasteiger partial charge in [-0.3, -0.25) is 9.69 Å². The number of nitrogens with zero attached hydrogens (tertiary/aromatic N) is 2. The van der Waals surface area contributed by atoms with Gasteiger partial charge in [0, 0.05) is 45.2 Å². The standard InChI is InChI=1S/C15H30N4O/c1-18-7-9-19(10-8-18)6-5-17-15(20)14-4-2-3-13(11-14)12-16/h13-14H,2-12,16H2,1H3,(H,17,20). The Bertz CT molecular complexity index is 302. The first kappa shape index (κ1) is 15.7. The van der Waals surface area contributed by atoms with Crippen LogP contribution in [0.25, 0.3) is 0 Å². The molecule has 1 heterocycles. The quantitative estimate of drug-likeness (QED) is 0.752. The van der Waals surface area contributed by atoms with Gasteiger partial charge in [-0.05, 0) is 38.8 Å². The van der Waals surface area contributed by atoms with Crippen LogP contribution in [0.5, 0.6) is 0 Å². The number of carbonyl (C=O) groups excluding carboxylic acids is 1. The molecule has 2 rings (SSSR count). The predicted molar refractivity (Wildman–Crippen MR) is 81.4 cm³/mol. The fraction of sp³-hybridized carbons (Fsp3) is 0.933. The summed E-state index contributed by atoms with van der Waals surface area (Å²) >= 11 is 0. The first-order valence-corrected chi connectivity index (χ1v) is 8.07. The highest BCUT2D eigenvalue weighted by Gasteiger charge is 2.26. The second kappa shape index (κ2) is 7.96. The second-order valence-electron chi connectivity index (χ2n) is 6.40. The van der Waals surface area contributed by atoms with Crippen LogP contribution in [0.15, 0.2) is 0 Å². The number of amides is 1. The van der Waals surface area contributed by atoms with Gasteiger partial charge in [-0.2, -0.15) is 0 Å². The minimum atomic E-state index is 0.199. The van der Waals surface area contributed by atoms with Gasteiger partial charge in [0.25, 0.3) is 0 Å². The number of hydrogen-bond donors (Lipinski definition) is 2. The maximum Gasteiger partial charge on any atom is 0.223 e. The molecule has 2 fully saturated rings. The van der Waals surface area contributed by atoms with Gasteiger partial charge >= 0.3 is 0 Å². The molecule has 2 unspecified atom stereocenters. The van der Waals surface area contributed by atoms with Crippen molar-refractivity contribution in [2.45, 2.75) is 25.7 Å². The van der Waals surface area contributed by atoms with E-state index in [9.17, 15) is 4.79 Å². The molecule has 0 aromatic carbocycles. The monoisotopic (exact) mass is 282 g/mol. The summed E-state index contributed by atoms with van der Waals surface area (Å²) in [5.74, 6) is 0.999. The minimum absolute atomic E-state index is 0.199. The minimum Gasteiger partial charge on any atom is -0.355 e. The van der Waals surface area contributed by atoms with Gasteiger partial charge in [0.2, 0.25) is 5.91 Å². The number of hydrogen-bond acceptors (Lipinski definition) is 4. The summed E-state index contributed by atoms with van der Waals surface area (Å²) in [5, 5.41) is 3.12. The van der Waals surface area contributed by atoms with E-state index in [1.807, 2.05) is 0 Å². The van der Waals surface area contributed by atoms with Crippen LogP contribution in [0.3, 0.4) is 0 Å². The zero-order valence-electron chi connectivity index (χ0n) is 12.8. The lowest BCUT2D eigenvalue weighted by Crippen LogP contribution is -2.47. The molecule has 1 saturated heterocycles. The van der Waals surface area contributed by atoms with E-state index in [0.29, 0.717) is 5.92 Å². The fourth-order valence-electron chi connectivity index (χ4n) is 3.30. The van der Waals surface area contributed by atoms with E-state index >= 15 is 0 Å². The van der Waals surface area contributed by atoms with Crippen LogP contribution in [0.2, 0.25) is 0 Å². The highest BCUT2D eigenvalue weighted by molar-refractivity contribution is 5.78. The number of nitrogens with one attached hydrogen (secondary N) is 1. The van der Waals surface area contributed by atoms with Gasteiger partial charge in [0.1, 0.15) is 0 Å². The summed E-state index contributed by atoms with van der Waals surface area (Å²) in [5.41, 5.74) is 5.73. The Balaban J connectivity index is 1.62. The van der Waals surface area contributed by atoms with Gasteiger partial charge in [-0.1, -0.05) is 6.42 Å². The summed E-state index contributed by atoms with van der Waals surface area (Å²) in [4.78, 5) is 17.0. The van der Waals surface area contributed by atoms with Gasteiger partial charge in [-0.25, -0.2) is 0 Å². The van der Waals surface area contributed by atoms with Crippen molar-refractivity contribution in [3.8, 4) is 0 Å². The highest BCUT2D eigenvalue weighted by atomic mass is 16.1. The third kappa shape index (κ3) is 4.72. The van der Waals surface area contributed by atoms with Gasteiger partial charge in [-0.15, -0.1) is 0 Å². The van der Waals surface area contributed by atoms with Crippen LogP contribution >= 0.6 is 0 Å². The molecule has 1 aliphatic carbocycles. The number of piperazine rings is 1. The Morgan fingerprint density at radius 3 is 2.70 bits per heavy atom. The third-order valence-corrected chi connectivity index (χ3v) is 4.81. The molecule has 0 aromatic rings. The fourth-order valence-corrected chi connectivity index (χ4v) is 3.30. The summed E-state index contributed by atoms with van der Waals surface area (Å²) in [6.07, 6.45) is 4.37. The molecule has 5 heteroatoms. The van der Waals surface area contributed by atoms with E-state index in [4.69, 9.17) is 5.73 Å². The van der Waals surface area contributed by atoms with Crippen molar-refractivity contribution in [2.24, 2.45) is 17.6 Å². The van der Waals surface area contributed by atoms with Crippen LogP contribution in [-0.4, -0.2) is 68.6 Å². The van der Waals surface area contributed by atoms with E-state index in [2.05, 4.69) is 22.2 Å². The smallest absolute Gasteiger partial charge is 0.223 e. The molecule has 0 aromatic heterocycles. The topological polar surface area (TPSA) is 61.6 Å².